The van der Waals surface area contributed by atoms with Crippen LogP contribution < -0.4 is 0 Å². The molecule has 1 saturated carbocycles. The molecule has 0 atom stereocenters. The molecule has 0 heterocycles. The highest BCUT2D eigenvalue weighted by Gasteiger charge is 2.22. The molecule has 1 heteroatoms. The fourth-order valence-corrected chi connectivity index (χ4v) is 1.14. The van der Waals surface area contributed by atoms with Crippen molar-refractivity contribution in [3.63, 3.8) is 0 Å². The van der Waals surface area contributed by atoms with Gasteiger partial charge in [-0.3, -0.25) is 0 Å². The molecule has 0 spiro atoms. The molecule has 58 valence electrons. The molecule has 0 N–H and O–H groups in total. The number of carbonyl (C=O) groups excluding carboxylic acids is 1. The van der Waals surface area contributed by atoms with E-state index >= 15 is 0 Å². The minimum atomic E-state index is 0.909. The number of carbonyl (C=O) groups is 1. The summed E-state index contributed by atoms with van der Waals surface area (Å²) in [4.78, 5) is 8.00. The average Bonchev–Trinajstić information content (AvgIpc) is 2.92. The first-order chi connectivity index (χ1) is 5.47. The number of rotatable bonds is 1. The van der Waals surface area contributed by atoms with Crippen LogP contribution in [0.1, 0.15) is 24.3 Å². The van der Waals surface area contributed by atoms with Crippen LogP contribution in [-0.4, -0.2) is 6.79 Å². The van der Waals surface area contributed by atoms with Crippen LogP contribution in [0.3, 0.4) is 0 Å². The third-order valence-electron chi connectivity index (χ3n) is 1.85. The molecule has 0 aliphatic heterocycles. The minimum Gasteiger partial charge on any atom is -0.307 e. The molecule has 0 unspecified atom stereocenters. The highest BCUT2D eigenvalue weighted by molar-refractivity contribution is 5.22. The summed E-state index contributed by atoms with van der Waals surface area (Å²) in [6.07, 6.45) is 2.81. The van der Waals surface area contributed by atoms with E-state index in [-0.39, 0.29) is 0 Å². The number of hydrogen-bond donors (Lipinski definition) is 0. The Balaban J connectivity index is 0.000000281. The normalized spacial score (nSPS) is 14.9. The van der Waals surface area contributed by atoms with Crippen LogP contribution in [-0.2, 0) is 4.79 Å². The van der Waals surface area contributed by atoms with E-state index < -0.39 is 0 Å². The minimum absolute atomic E-state index is 0.909. The van der Waals surface area contributed by atoms with Crippen LogP contribution in [0.4, 0.5) is 0 Å². The Morgan fingerprint density at radius 3 is 2.09 bits per heavy atom. The lowest BCUT2D eigenvalue weighted by Crippen LogP contribution is -1.73. The fourth-order valence-electron chi connectivity index (χ4n) is 1.14. The topological polar surface area (TPSA) is 17.1 Å². The van der Waals surface area contributed by atoms with Gasteiger partial charge in [0.15, 0.2) is 0 Å². The maximum Gasteiger partial charge on any atom is 0.106 e. The largest absolute Gasteiger partial charge is 0.307 e. The van der Waals surface area contributed by atoms with Crippen LogP contribution in [0, 0.1) is 0 Å². The summed E-state index contributed by atoms with van der Waals surface area (Å²) < 4.78 is 0. The van der Waals surface area contributed by atoms with Gasteiger partial charge in [-0.15, -0.1) is 0 Å². The molecule has 11 heavy (non-hydrogen) atoms. The Hall–Kier alpha value is -1.11. The molecule has 1 aromatic carbocycles. The maximum absolute atomic E-state index is 8.00. The lowest BCUT2D eigenvalue weighted by molar-refractivity contribution is -0.0979. The summed E-state index contributed by atoms with van der Waals surface area (Å²) in [6, 6.07) is 10.8. The highest BCUT2D eigenvalue weighted by Crippen LogP contribution is 2.39. The first-order valence-corrected chi connectivity index (χ1v) is 3.80. The summed E-state index contributed by atoms with van der Waals surface area (Å²) in [5, 5.41) is 0. The van der Waals surface area contributed by atoms with Crippen molar-refractivity contribution in [2.24, 2.45) is 0 Å². The Morgan fingerprint density at radius 2 is 1.64 bits per heavy atom. The van der Waals surface area contributed by atoms with Crippen LogP contribution in [0.15, 0.2) is 30.3 Å². The van der Waals surface area contributed by atoms with Gasteiger partial charge in [0.1, 0.15) is 6.79 Å². The maximum atomic E-state index is 8.00. The highest BCUT2D eigenvalue weighted by atomic mass is 16.1. The average molecular weight is 148 g/mol. The Labute approximate surface area is 67.1 Å². The van der Waals surface area contributed by atoms with Crippen molar-refractivity contribution in [2.45, 2.75) is 18.8 Å². The summed E-state index contributed by atoms with van der Waals surface area (Å²) in [6.45, 7) is 2.00. The van der Waals surface area contributed by atoms with Crippen LogP contribution in [0.2, 0.25) is 0 Å². The summed E-state index contributed by atoms with van der Waals surface area (Å²) in [5.41, 5.74) is 1.53. The zero-order valence-electron chi connectivity index (χ0n) is 6.49. The third kappa shape index (κ3) is 2.19. The van der Waals surface area contributed by atoms with Crippen molar-refractivity contribution >= 4 is 6.79 Å². The van der Waals surface area contributed by atoms with Crippen LogP contribution >= 0.6 is 0 Å². The summed E-state index contributed by atoms with van der Waals surface area (Å²) in [5.74, 6) is 0.909. The van der Waals surface area contributed by atoms with Crippen molar-refractivity contribution < 1.29 is 4.79 Å². The molecule has 0 radical (unpaired) electrons. The standard InChI is InChI=1S/C9H10.CH2O/c1-2-4-8(5-3-1)9-6-7-9;1-2/h1-5,9H,6-7H2;1H2. The second-order valence-corrected chi connectivity index (χ2v) is 2.68. The van der Waals surface area contributed by atoms with E-state index in [1.807, 2.05) is 6.79 Å². The van der Waals surface area contributed by atoms with Crippen LogP contribution in [0.5, 0.6) is 0 Å². The molecule has 0 bridgehead atoms. The Kier molecular flexibility index (Phi) is 2.84. The summed E-state index contributed by atoms with van der Waals surface area (Å²) >= 11 is 0. The zero-order chi connectivity index (χ0) is 8.10. The van der Waals surface area contributed by atoms with E-state index in [1.54, 1.807) is 0 Å². The fraction of sp³-hybridized carbons (Fsp3) is 0.300. The summed E-state index contributed by atoms with van der Waals surface area (Å²) in [7, 11) is 0. The molecule has 1 aromatic rings. The first kappa shape index (κ1) is 7.99. The molecule has 0 aromatic heterocycles. The van der Waals surface area contributed by atoms with Gasteiger partial charge in [-0.05, 0) is 24.3 Å². The quantitative estimate of drug-likeness (QED) is 0.597. The van der Waals surface area contributed by atoms with Crippen LogP contribution in [0.25, 0.3) is 0 Å². The molecular formula is C10H12O. The second kappa shape index (κ2) is 3.91. The Morgan fingerprint density at radius 1 is 1.09 bits per heavy atom. The first-order valence-electron chi connectivity index (χ1n) is 3.80. The van der Waals surface area contributed by atoms with E-state index in [4.69, 9.17) is 4.79 Å². The zero-order valence-corrected chi connectivity index (χ0v) is 6.49. The van der Waals surface area contributed by atoms with Gasteiger partial charge in [0, 0.05) is 0 Å². The van der Waals surface area contributed by atoms with Gasteiger partial charge >= 0.3 is 0 Å². The van der Waals surface area contributed by atoms with Crippen molar-refractivity contribution in [1.29, 1.82) is 0 Å². The molecule has 1 aliphatic carbocycles. The monoisotopic (exact) mass is 148 g/mol. The van der Waals surface area contributed by atoms with E-state index in [0.717, 1.165) is 5.92 Å². The van der Waals surface area contributed by atoms with Crippen molar-refractivity contribution in [3.8, 4) is 0 Å². The van der Waals surface area contributed by atoms with E-state index in [0.29, 0.717) is 0 Å². The number of hydrogen-bond acceptors (Lipinski definition) is 1. The number of benzene rings is 1. The third-order valence-corrected chi connectivity index (χ3v) is 1.85. The molecule has 0 saturated heterocycles. The van der Waals surface area contributed by atoms with E-state index in [9.17, 15) is 0 Å². The second-order valence-electron chi connectivity index (χ2n) is 2.68. The van der Waals surface area contributed by atoms with Crippen molar-refractivity contribution in [3.05, 3.63) is 35.9 Å². The molecule has 2 rings (SSSR count). The predicted octanol–water partition coefficient (Wildman–Crippen LogP) is 2.38. The predicted molar refractivity (Wildman–Crippen MR) is 45.5 cm³/mol. The molecule has 1 aliphatic rings. The lowest BCUT2D eigenvalue weighted by Gasteiger charge is -1.92. The smallest absolute Gasteiger partial charge is 0.106 e. The Bertz CT molecular complexity index is 201. The molecule has 1 fully saturated rings. The van der Waals surface area contributed by atoms with E-state index in [1.165, 1.54) is 18.4 Å². The SMILES string of the molecule is C=O.c1ccc(C2CC2)cc1. The van der Waals surface area contributed by atoms with Gasteiger partial charge < -0.3 is 4.79 Å². The van der Waals surface area contributed by atoms with Crippen molar-refractivity contribution in [1.82, 2.24) is 0 Å². The van der Waals surface area contributed by atoms with Gasteiger partial charge in [-0.1, -0.05) is 30.3 Å². The van der Waals surface area contributed by atoms with E-state index in [2.05, 4.69) is 30.3 Å². The van der Waals surface area contributed by atoms with Gasteiger partial charge in [0.2, 0.25) is 0 Å². The van der Waals surface area contributed by atoms with Gasteiger partial charge in [-0.25, -0.2) is 0 Å². The molecular weight excluding hydrogens is 136 g/mol. The molecule has 1 nitrogen and oxygen atoms in total. The van der Waals surface area contributed by atoms with Gasteiger partial charge in [0.25, 0.3) is 0 Å². The van der Waals surface area contributed by atoms with Gasteiger partial charge in [0.05, 0.1) is 0 Å². The lowest BCUT2D eigenvalue weighted by atomic mass is 10.1. The molecule has 0 amide bonds. The van der Waals surface area contributed by atoms with Crippen molar-refractivity contribution in [2.75, 3.05) is 0 Å². The van der Waals surface area contributed by atoms with Gasteiger partial charge in [-0.2, -0.15) is 0 Å².